The third kappa shape index (κ3) is 5.21. The zero-order valence-corrected chi connectivity index (χ0v) is 22.0. The molecule has 7 nitrogen and oxygen atoms in total. The first-order valence-electron chi connectivity index (χ1n) is 11.3. The van der Waals surface area contributed by atoms with Crippen LogP contribution in [-0.4, -0.2) is 21.4 Å². The topological polar surface area (TPSA) is 93.1 Å². The fraction of sp³-hybridized carbons (Fsp3) is 0.231. The molecule has 2 aromatic carbocycles. The minimum Gasteiger partial charge on any atom is -0.326 e. The van der Waals surface area contributed by atoms with Gasteiger partial charge in [-0.05, 0) is 54.8 Å². The number of nitrogens with one attached hydrogen (secondary N) is 2. The van der Waals surface area contributed by atoms with Crippen molar-refractivity contribution in [1.82, 2.24) is 9.55 Å². The summed E-state index contributed by atoms with van der Waals surface area (Å²) in [5.41, 5.74) is 2.81. The fourth-order valence-electron chi connectivity index (χ4n) is 4.02. The van der Waals surface area contributed by atoms with E-state index in [1.54, 1.807) is 24.3 Å². The maximum absolute atomic E-state index is 13.7. The number of hydrogen-bond acceptors (Lipinski definition) is 5. The van der Waals surface area contributed by atoms with Crippen LogP contribution in [0.4, 0.5) is 11.4 Å². The van der Waals surface area contributed by atoms with Crippen LogP contribution in [0.3, 0.4) is 0 Å². The molecular formula is C26H25BrN4O3S. The van der Waals surface area contributed by atoms with Gasteiger partial charge in [-0.2, -0.15) is 0 Å². The highest BCUT2D eigenvalue weighted by Gasteiger charge is 2.24. The molecule has 1 atom stereocenters. The molecule has 0 saturated carbocycles. The number of aromatic nitrogens is 2. The van der Waals surface area contributed by atoms with Crippen molar-refractivity contribution in [2.24, 2.45) is 0 Å². The lowest BCUT2D eigenvalue weighted by molar-refractivity contribution is -0.119. The Labute approximate surface area is 215 Å². The number of aryl methyl sites for hydroxylation is 1. The Morgan fingerprint density at radius 2 is 1.66 bits per heavy atom. The van der Waals surface area contributed by atoms with Gasteiger partial charge in [-0.1, -0.05) is 41.9 Å². The average Bonchev–Trinajstić information content (AvgIpc) is 3.22. The third-order valence-corrected chi connectivity index (χ3v) is 7.43. The van der Waals surface area contributed by atoms with Crippen LogP contribution in [0.2, 0.25) is 0 Å². The Hall–Kier alpha value is -3.30. The fourth-order valence-corrected chi connectivity index (χ4v) is 5.37. The van der Waals surface area contributed by atoms with Gasteiger partial charge in [0.2, 0.25) is 11.8 Å². The lowest BCUT2D eigenvalue weighted by Crippen LogP contribution is -2.33. The first kappa shape index (κ1) is 24.8. The molecule has 9 heteroatoms. The number of thiophene rings is 1. The summed E-state index contributed by atoms with van der Waals surface area (Å²) >= 11 is 4.98. The quantitative estimate of drug-likeness (QED) is 0.294. The van der Waals surface area contributed by atoms with E-state index in [0.29, 0.717) is 28.0 Å². The SMILES string of the molecule is CCc1sc2ncn(C(CC)C(=O)Nc3ccc(NC(C)=O)cc3)c(=O)c2c1-c1ccc(Br)cc1. The maximum atomic E-state index is 13.7. The number of anilines is 2. The average molecular weight is 553 g/mol. The number of carbonyl (C=O) groups excluding carboxylic acids is 2. The molecule has 35 heavy (non-hydrogen) atoms. The van der Waals surface area contributed by atoms with Gasteiger partial charge < -0.3 is 10.6 Å². The van der Waals surface area contributed by atoms with Crippen LogP contribution in [-0.2, 0) is 16.0 Å². The number of carbonyl (C=O) groups is 2. The molecule has 4 aromatic rings. The Morgan fingerprint density at radius 3 is 2.23 bits per heavy atom. The summed E-state index contributed by atoms with van der Waals surface area (Å²) < 4.78 is 2.39. The van der Waals surface area contributed by atoms with Crippen molar-refractivity contribution < 1.29 is 9.59 Å². The summed E-state index contributed by atoms with van der Waals surface area (Å²) in [6.07, 6.45) is 2.67. The van der Waals surface area contributed by atoms with E-state index in [4.69, 9.17) is 0 Å². The van der Waals surface area contributed by atoms with Gasteiger partial charge >= 0.3 is 0 Å². The smallest absolute Gasteiger partial charge is 0.263 e. The lowest BCUT2D eigenvalue weighted by atomic mass is 10.0. The molecule has 4 rings (SSSR count). The highest BCUT2D eigenvalue weighted by atomic mass is 79.9. The number of fused-ring (bicyclic) bond motifs is 1. The first-order valence-corrected chi connectivity index (χ1v) is 12.9. The van der Waals surface area contributed by atoms with Gasteiger partial charge in [0, 0.05) is 33.2 Å². The van der Waals surface area contributed by atoms with Crippen molar-refractivity contribution in [2.45, 2.75) is 39.7 Å². The zero-order valence-electron chi connectivity index (χ0n) is 19.6. The van der Waals surface area contributed by atoms with E-state index in [2.05, 4.69) is 38.5 Å². The normalized spacial score (nSPS) is 11.9. The number of nitrogens with zero attached hydrogens (tertiary/aromatic N) is 2. The molecule has 2 amide bonds. The molecule has 0 fully saturated rings. The van der Waals surface area contributed by atoms with Crippen LogP contribution < -0.4 is 16.2 Å². The summed E-state index contributed by atoms with van der Waals surface area (Å²) in [4.78, 5) is 44.4. The Morgan fingerprint density at radius 1 is 1.03 bits per heavy atom. The van der Waals surface area contributed by atoms with E-state index in [-0.39, 0.29) is 17.4 Å². The minimum absolute atomic E-state index is 0.169. The van der Waals surface area contributed by atoms with Crippen molar-refractivity contribution in [1.29, 1.82) is 0 Å². The molecular weight excluding hydrogens is 528 g/mol. The number of rotatable bonds is 7. The molecule has 1 unspecified atom stereocenters. The molecule has 2 heterocycles. The second-order valence-corrected chi connectivity index (χ2v) is 10.1. The lowest BCUT2D eigenvalue weighted by Gasteiger charge is -2.18. The van der Waals surface area contributed by atoms with Gasteiger partial charge in [-0.3, -0.25) is 19.0 Å². The van der Waals surface area contributed by atoms with Gasteiger partial charge in [-0.15, -0.1) is 11.3 Å². The molecule has 0 bridgehead atoms. The van der Waals surface area contributed by atoms with Gasteiger partial charge in [-0.25, -0.2) is 4.98 Å². The largest absolute Gasteiger partial charge is 0.326 e. The van der Waals surface area contributed by atoms with Crippen LogP contribution in [0.25, 0.3) is 21.3 Å². The van der Waals surface area contributed by atoms with Crippen LogP contribution in [0.5, 0.6) is 0 Å². The van der Waals surface area contributed by atoms with E-state index in [0.717, 1.165) is 26.9 Å². The number of benzene rings is 2. The molecule has 0 aliphatic carbocycles. The molecule has 0 radical (unpaired) electrons. The van der Waals surface area contributed by atoms with E-state index in [1.807, 2.05) is 31.2 Å². The predicted octanol–water partition coefficient (Wildman–Crippen LogP) is 6.00. The van der Waals surface area contributed by atoms with E-state index < -0.39 is 6.04 Å². The maximum Gasteiger partial charge on any atom is 0.263 e. The number of halogens is 1. The first-order chi connectivity index (χ1) is 16.8. The molecule has 180 valence electrons. The Kier molecular flexibility index (Phi) is 7.47. The minimum atomic E-state index is -0.725. The second-order valence-electron chi connectivity index (χ2n) is 8.07. The van der Waals surface area contributed by atoms with Crippen LogP contribution in [0.15, 0.2) is 64.1 Å². The highest BCUT2D eigenvalue weighted by Crippen LogP contribution is 2.37. The van der Waals surface area contributed by atoms with Crippen LogP contribution in [0.1, 0.15) is 38.1 Å². The highest BCUT2D eigenvalue weighted by molar-refractivity contribution is 9.10. The van der Waals surface area contributed by atoms with Crippen LogP contribution >= 0.6 is 27.3 Å². The van der Waals surface area contributed by atoms with Crippen molar-refractivity contribution in [2.75, 3.05) is 10.6 Å². The number of amides is 2. The van der Waals surface area contributed by atoms with Gasteiger partial charge in [0.25, 0.3) is 5.56 Å². The van der Waals surface area contributed by atoms with Gasteiger partial charge in [0.15, 0.2) is 0 Å². The zero-order chi connectivity index (χ0) is 25.1. The van der Waals surface area contributed by atoms with E-state index in [9.17, 15) is 14.4 Å². The van der Waals surface area contributed by atoms with Crippen molar-refractivity contribution in [3.63, 3.8) is 0 Å². The molecule has 2 N–H and O–H groups in total. The Balaban J connectivity index is 1.71. The van der Waals surface area contributed by atoms with Crippen molar-refractivity contribution in [3.05, 3.63) is 74.6 Å². The van der Waals surface area contributed by atoms with Crippen molar-refractivity contribution >= 4 is 60.7 Å². The summed E-state index contributed by atoms with van der Waals surface area (Å²) in [6, 6.07) is 14.0. The van der Waals surface area contributed by atoms with Crippen molar-refractivity contribution in [3.8, 4) is 11.1 Å². The second kappa shape index (κ2) is 10.5. The molecule has 0 spiro atoms. The molecule has 0 aliphatic rings. The Bertz CT molecular complexity index is 1440. The summed E-state index contributed by atoms with van der Waals surface area (Å²) in [6.45, 7) is 5.36. The molecule has 2 aromatic heterocycles. The van der Waals surface area contributed by atoms with Gasteiger partial charge in [0.1, 0.15) is 10.9 Å². The predicted molar refractivity (Wildman–Crippen MR) is 145 cm³/mol. The monoisotopic (exact) mass is 552 g/mol. The summed E-state index contributed by atoms with van der Waals surface area (Å²) in [5.74, 6) is -0.476. The summed E-state index contributed by atoms with van der Waals surface area (Å²) in [7, 11) is 0. The van der Waals surface area contributed by atoms with Gasteiger partial charge in [0.05, 0.1) is 11.7 Å². The number of hydrogen-bond donors (Lipinski definition) is 2. The molecule has 0 saturated heterocycles. The van der Waals surface area contributed by atoms with E-state index in [1.165, 1.54) is 29.2 Å². The third-order valence-electron chi connectivity index (χ3n) is 5.66. The van der Waals surface area contributed by atoms with Crippen LogP contribution in [0, 0.1) is 0 Å². The standard InChI is InChI=1S/C26H25BrN4O3S/c1-4-20(24(33)30-19-12-10-18(11-13-19)29-15(3)32)31-14-28-25-23(26(31)34)22(21(5-2)35-25)16-6-8-17(27)9-7-16/h6-14,20H,4-5H2,1-3H3,(H,29,32)(H,30,33). The van der Waals surface area contributed by atoms with E-state index >= 15 is 0 Å². The molecule has 0 aliphatic heterocycles. The summed E-state index contributed by atoms with van der Waals surface area (Å²) in [5, 5.41) is 6.11.